The van der Waals surface area contributed by atoms with E-state index in [1.165, 1.54) is 10.6 Å². The van der Waals surface area contributed by atoms with Gasteiger partial charge in [-0.25, -0.2) is 8.42 Å². The molecule has 1 atom stereocenters. The molecule has 0 spiro atoms. The normalized spacial score (nSPS) is 17.2. The molecule has 140 valence electrons. The van der Waals surface area contributed by atoms with Gasteiger partial charge >= 0.3 is 0 Å². The molecule has 0 N–H and O–H groups in total. The van der Waals surface area contributed by atoms with E-state index >= 15 is 0 Å². The Labute approximate surface area is 159 Å². The fourth-order valence-corrected chi connectivity index (χ4v) is 4.15. The molecule has 1 aromatic heterocycles. The summed E-state index contributed by atoms with van der Waals surface area (Å²) in [7, 11) is -3.20. The van der Waals surface area contributed by atoms with Gasteiger partial charge in [-0.3, -0.25) is 4.79 Å². The van der Waals surface area contributed by atoms with Crippen LogP contribution in [0.2, 0.25) is 5.02 Å². The molecule has 26 heavy (non-hydrogen) atoms. The molecule has 2 heterocycles. The van der Waals surface area contributed by atoms with Crippen molar-refractivity contribution in [3.8, 4) is 0 Å². The first-order valence-electron chi connectivity index (χ1n) is 8.45. The molecule has 0 saturated carbocycles. The highest BCUT2D eigenvalue weighted by atomic mass is 35.5. The lowest BCUT2D eigenvalue weighted by Gasteiger charge is -2.34. The number of aromatic nitrogens is 1. The average molecular weight is 396 g/mol. The zero-order valence-corrected chi connectivity index (χ0v) is 16.2. The van der Waals surface area contributed by atoms with Crippen LogP contribution in [-0.2, 0) is 14.8 Å². The molecular formula is C18H22ClN3O3S. The van der Waals surface area contributed by atoms with Gasteiger partial charge in [0, 0.05) is 43.6 Å². The predicted molar refractivity (Wildman–Crippen MR) is 102 cm³/mol. The van der Waals surface area contributed by atoms with Crippen LogP contribution >= 0.6 is 11.6 Å². The number of hydrogen-bond donors (Lipinski definition) is 0. The number of piperazine rings is 1. The molecule has 1 aromatic carbocycles. The minimum Gasteiger partial charge on any atom is -0.346 e. The van der Waals surface area contributed by atoms with Crippen LogP contribution in [-0.4, -0.2) is 60.5 Å². The molecule has 1 unspecified atom stereocenters. The van der Waals surface area contributed by atoms with Crippen molar-refractivity contribution in [1.82, 2.24) is 13.8 Å². The van der Waals surface area contributed by atoms with Crippen molar-refractivity contribution in [1.29, 1.82) is 0 Å². The Balaban J connectivity index is 1.71. The van der Waals surface area contributed by atoms with Gasteiger partial charge < -0.3 is 9.47 Å². The molecule has 2 aromatic rings. The lowest BCUT2D eigenvalue weighted by Crippen LogP contribution is -2.50. The van der Waals surface area contributed by atoms with Crippen molar-refractivity contribution in [2.24, 2.45) is 0 Å². The van der Waals surface area contributed by atoms with E-state index in [0.29, 0.717) is 37.6 Å². The molecule has 1 aliphatic heterocycles. The van der Waals surface area contributed by atoms with Gasteiger partial charge in [0.05, 0.1) is 18.7 Å². The Morgan fingerprint density at radius 2 is 1.65 bits per heavy atom. The number of carbonyl (C=O) groups is 1. The van der Waals surface area contributed by atoms with Gasteiger partial charge in [0.25, 0.3) is 0 Å². The van der Waals surface area contributed by atoms with Gasteiger partial charge in [-0.05, 0) is 29.8 Å². The van der Waals surface area contributed by atoms with Crippen LogP contribution in [0.1, 0.15) is 18.0 Å². The van der Waals surface area contributed by atoms with Crippen LogP contribution < -0.4 is 0 Å². The van der Waals surface area contributed by atoms with Gasteiger partial charge in [-0.15, -0.1) is 0 Å². The molecule has 0 radical (unpaired) electrons. The van der Waals surface area contributed by atoms with Crippen molar-refractivity contribution in [2.75, 3.05) is 32.4 Å². The number of benzene rings is 1. The van der Waals surface area contributed by atoms with Crippen LogP contribution in [0.4, 0.5) is 0 Å². The van der Waals surface area contributed by atoms with Crippen LogP contribution in [0.25, 0.3) is 0 Å². The Bertz CT molecular complexity index is 842. The van der Waals surface area contributed by atoms with E-state index in [4.69, 9.17) is 11.6 Å². The topological polar surface area (TPSA) is 62.6 Å². The SMILES string of the molecule is CS(=O)(=O)N1CCN(C(=O)CC(c2ccc(Cl)cc2)n2cccc2)CC1. The van der Waals surface area contributed by atoms with E-state index in [2.05, 4.69) is 0 Å². The fourth-order valence-electron chi connectivity index (χ4n) is 3.20. The smallest absolute Gasteiger partial charge is 0.225 e. The first-order valence-corrected chi connectivity index (χ1v) is 10.7. The Morgan fingerprint density at radius 3 is 2.19 bits per heavy atom. The molecule has 1 aliphatic rings. The van der Waals surface area contributed by atoms with E-state index < -0.39 is 10.0 Å². The van der Waals surface area contributed by atoms with Gasteiger partial charge in [-0.1, -0.05) is 23.7 Å². The average Bonchev–Trinajstić information content (AvgIpc) is 3.14. The molecule has 1 amide bonds. The zero-order chi connectivity index (χ0) is 18.7. The molecule has 1 fully saturated rings. The molecule has 8 heteroatoms. The number of carbonyl (C=O) groups excluding carboxylic acids is 1. The van der Waals surface area contributed by atoms with E-state index in [1.807, 2.05) is 53.4 Å². The van der Waals surface area contributed by atoms with Crippen molar-refractivity contribution in [3.63, 3.8) is 0 Å². The van der Waals surface area contributed by atoms with E-state index in [-0.39, 0.29) is 11.9 Å². The Morgan fingerprint density at radius 1 is 1.08 bits per heavy atom. The summed E-state index contributed by atoms with van der Waals surface area (Å²) < 4.78 is 26.7. The van der Waals surface area contributed by atoms with Crippen molar-refractivity contribution in [3.05, 3.63) is 59.4 Å². The Hall–Kier alpha value is -1.83. The number of halogens is 1. The summed E-state index contributed by atoms with van der Waals surface area (Å²) in [6.45, 7) is 1.54. The van der Waals surface area contributed by atoms with Crippen LogP contribution in [0.5, 0.6) is 0 Å². The molecular weight excluding hydrogens is 374 g/mol. The quantitative estimate of drug-likeness (QED) is 0.779. The molecule has 0 bridgehead atoms. The number of nitrogens with zero attached hydrogens (tertiary/aromatic N) is 3. The monoisotopic (exact) mass is 395 g/mol. The maximum Gasteiger partial charge on any atom is 0.225 e. The summed E-state index contributed by atoms with van der Waals surface area (Å²) in [6, 6.07) is 11.2. The summed E-state index contributed by atoms with van der Waals surface area (Å²) in [5, 5.41) is 0.656. The third-order valence-corrected chi connectivity index (χ3v) is 6.23. The minimum absolute atomic E-state index is 0.0202. The summed E-state index contributed by atoms with van der Waals surface area (Å²) >= 11 is 5.98. The van der Waals surface area contributed by atoms with Gasteiger partial charge in [0.2, 0.25) is 15.9 Å². The lowest BCUT2D eigenvalue weighted by atomic mass is 10.0. The summed E-state index contributed by atoms with van der Waals surface area (Å²) in [5.41, 5.74) is 1.01. The zero-order valence-electron chi connectivity index (χ0n) is 14.6. The minimum atomic E-state index is -3.20. The Kier molecular flexibility index (Phi) is 5.70. The standard InChI is InChI=1S/C18H22ClN3O3S/c1-26(24,25)22-12-10-21(11-13-22)18(23)14-17(20-8-2-3-9-20)15-4-6-16(19)7-5-15/h2-9,17H,10-14H2,1H3. The van der Waals surface area contributed by atoms with Crippen molar-refractivity contribution >= 4 is 27.5 Å². The summed E-state index contributed by atoms with van der Waals surface area (Å²) in [4.78, 5) is 14.6. The molecule has 6 nitrogen and oxygen atoms in total. The second-order valence-corrected chi connectivity index (χ2v) is 8.86. The molecule has 3 rings (SSSR count). The van der Waals surface area contributed by atoms with Crippen LogP contribution in [0, 0.1) is 0 Å². The van der Waals surface area contributed by atoms with Crippen LogP contribution in [0.3, 0.4) is 0 Å². The highest BCUT2D eigenvalue weighted by molar-refractivity contribution is 7.88. The largest absolute Gasteiger partial charge is 0.346 e. The van der Waals surface area contributed by atoms with E-state index in [1.54, 1.807) is 4.90 Å². The predicted octanol–water partition coefficient (Wildman–Crippen LogP) is 2.22. The number of sulfonamides is 1. The maximum atomic E-state index is 12.8. The fraction of sp³-hybridized carbons (Fsp3) is 0.389. The summed E-state index contributed by atoms with van der Waals surface area (Å²) in [5.74, 6) is 0.0202. The second-order valence-electron chi connectivity index (χ2n) is 6.44. The van der Waals surface area contributed by atoms with Gasteiger partial charge in [0.15, 0.2) is 0 Å². The number of hydrogen-bond acceptors (Lipinski definition) is 3. The molecule has 0 aliphatic carbocycles. The first-order chi connectivity index (χ1) is 12.3. The molecule has 1 saturated heterocycles. The highest BCUT2D eigenvalue weighted by Gasteiger charge is 2.28. The van der Waals surface area contributed by atoms with Crippen molar-refractivity contribution < 1.29 is 13.2 Å². The summed E-state index contributed by atoms with van der Waals surface area (Å²) in [6.07, 6.45) is 5.39. The van der Waals surface area contributed by atoms with E-state index in [0.717, 1.165) is 5.56 Å². The van der Waals surface area contributed by atoms with Crippen LogP contribution in [0.15, 0.2) is 48.8 Å². The van der Waals surface area contributed by atoms with Gasteiger partial charge in [-0.2, -0.15) is 4.31 Å². The number of rotatable bonds is 5. The highest BCUT2D eigenvalue weighted by Crippen LogP contribution is 2.25. The van der Waals surface area contributed by atoms with E-state index in [9.17, 15) is 13.2 Å². The third kappa shape index (κ3) is 4.47. The maximum absolute atomic E-state index is 12.8. The lowest BCUT2D eigenvalue weighted by molar-refractivity contribution is -0.133. The first kappa shape index (κ1) is 18.9. The second kappa shape index (κ2) is 7.82. The third-order valence-electron chi connectivity index (χ3n) is 4.67. The van der Waals surface area contributed by atoms with Crippen molar-refractivity contribution in [2.45, 2.75) is 12.5 Å². The number of amides is 1. The van der Waals surface area contributed by atoms with Gasteiger partial charge in [0.1, 0.15) is 0 Å².